The van der Waals surface area contributed by atoms with Crippen molar-refractivity contribution in [3.05, 3.63) is 78.3 Å². The summed E-state index contributed by atoms with van der Waals surface area (Å²) < 4.78 is 5.50. The van der Waals surface area contributed by atoms with Gasteiger partial charge in [0.05, 0.1) is 6.26 Å². The van der Waals surface area contributed by atoms with Crippen LogP contribution in [-0.2, 0) is 12.8 Å². The van der Waals surface area contributed by atoms with Crippen molar-refractivity contribution in [2.24, 2.45) is 0 Å². The van der Waals surface area contributed by atoms with Gasteiger partial charge < -0.3 is 4.42 Å². The quantitative estimate of drug-likeness (QED) is 0.695. The highest BCUT2D eigenvalue weighted by Gasteiger charge is 2.06. The molecule has 0 atom stereocenters. The number of hydrogen-bond acceptors (Lipinski definition) is 2. The lowest BCUT2D eigenvalue weighted by molar-refractivity contribution is 0.581. The zero-order valence-corrected chi connectivity index (χ0v) is 10.6. The monoisotopic (exact) mass is 249 g/mol. The van der Waals surface area contributed by atoms with Gasteiger partial charge in [0.15, 0.2) is 0 Å². The van der Waals surface area contributed by atoms with Crippen LogP contribution in [0.3, 0.4) is 0 Å². The molecule has 94 valence electrons. The van der Waals surface area contributed by atoms with Gasteiger partial charge >= 0.3 is 0 Å². The van der Waals surface area contributed by atoms with Crippen molar-refractivity contribution < 1.29 is 4.42 Å². The van der Waals surface area contributed by atoms with Crippen LogP contribution in [0.1, 0.15) is 11.1 Å². The minimum absolute atomic E-state index is 0.935. The molecule has 0 radical (unpaired) electrons. The highest BCUT2D eigenvalue weighted by Crippen LogP contribution is 2.25. The Morgan fingerprint density at radius 3 is 2.47 bits per heavy atom. The van der Waals surface area contributed by atoms with Gasteiger partial charge in [-0.1, -0.05) is 24.3 Å². The van der Waals surface area contributed by atoms with E-state index in [0.29, 0.717) is 0 Å². The molecule has 0 spiro atoms. The Bertz CT molecular complexity index is 629. The van der Waals surface area contributed by atoms with Crippen LogP contribution in [0.15, 0.2) is 71.6 Å². The van der Waals surface area contributed by atoms with Crippen molar-refractivity contribution >= 4 is 0 Å². The summed E-state index contributed by atoms with van der Waals surface area (Å²) in [7, 11) is 0. The summed E-state index contributed by atoms with van der Waals surface area (Å²) in [5.41, 5.74) is 3.81. The van der Waals surface area contributed by atoms with Gasteiger partial charge in [-0.3, -0.25) is 4.98 Å². The average molecular weight is 249 g/mol. The van der Waals surface area contributed by atoms with E-state index in [1.165, 1.54) is 16.7 Å². The van der Waals surface area contributed by atoms with E-state index in [2.05, 4.69) is 35.3 Å². The molecule has 0 amide bonds. The van der Waals surface area contributed by atoms with E-state index in [-0.39, 0.29) is 0 Å². The first kappa shape index (κ1) is 11.7. The molecule has 2 aromatic heterocycles. The van der Waals surface area contributed by atoms with Crippen LogP contribution in [0, 0.1) is 0 Å². The second-order valence-corrected chi connectivity index (χ2v) is 4.49. The smallest absolute Gasteiger partial charge is 0.134 e. The van der Waals surface area contributed by atoms with Crippen LogP contribution in [0.25, 0.3) is 11.3 Å². The van der Waals surface area contributed by atoms with E-state index in [4.69, 9.17) is 4.42 Å². The fraction of sp³-hybridized carbons (Fsp3) is 0.118. The second kappa shape index (κ2) is 5.53. The number of benzene rings is 1. The van der Waals surface area contributed by atoms with E-state index in [1.807, 2.05) is 30.6 Å². The molecule has 3 rings (SSSR count). The van der Waals surface area contributed by atoms with Crippen molar-refractivity contribution in [1.29, 1.82) is 0 Å². The maximum absolute atomic E-state index is 5.50. The van der Waals surface area contributed by atoms with Gasteiger partial charge in [0.1, 0.15) is 5.76 Å². The van der Waals surface area contributed by atoms with Crippen LogP contribution < -0.4 is 0 Å². The molecule has 0 aliphatic carbocycles. The second-order valence-electron chi connectivity index (χ2n) is 4.49. The van der Waals surface area contributed by atoms with Crippen molar-refractivity contribution in [2.45, 2.75) is 12.8 Å². The third-order valence-corrected chi connectivity index (χ3v) is 3.24. The van der Waals surface area contributed by atoms with Crippen LogP contribution >= 0.6 is 0 Å². The largest absolute Gasteiger partial charge is 0.464 e. The predicted molar refractivity (Wildman–Crippen MR) is 75.8 cm³/mol. The van der Waals surface area contributed by atoms with Gasteiger partial charge in [-0.15, -0.1) is 0 Å². The zero-order valence-electron chi connectivity index (χ0n) is 10.6. The molecule has 19 heavy (non-hydrogen) atoms. The molecule has 0 bridgehead atoms. The van der Waals surface area contributed by atoms with E-state index < -0.39 is 0 Å². The van der Waals surface area contributed by atoms with E-state index in [1.54, 1.807) is 6.26 Å². The number of hydrogen-bond donors (Lipinski definition) is 0. The molecule has 2 nitrogen and oxygen atoms in total. The lowest BCUT2D eigenvalue weighted by atomic mass is 9.99. The minimum atomic E-state index is 0.935. The van der Waals surface area contributed by atoms with E-state index in [0.717, 1.165) is 18.6 Å². The van der Waals surface area contributed by atoms with Crippen molar-refractivity contribution in [3.63, 3.8) is 0 Å². The molecule has 3 aromatic rings. The molecular weight excluding hydrogens is 234 g/mol. The highest BCUT2D eigenvalue weighted by molar-refractivity contribution is 5.62. The fourth-order valence-electron chi connectivity index (χ4n) is 2.24. The van der Waals surface area contributed by atoms with Crippen LogP contribution in [0.4, 0.5) is 0 Å². The van der Waals surface area contributed by atoms with Gasteiger partial charge in [0, 0.05) is 18.0 Å². The zero-order chi connectivity index (χ0) is 12.9. The van der Waals surface area contributed by atoms with Gasteiger partial charge in [0.25, 0.3) is 0 Å². The van der Waals surface area contributed by atoms with Gasteiger partial charge in [-0.05, 0) is 48.2 Å². The highest BCUT2D eigenvalue weighted by atomic mass is 16.3. The minimum Gasteiger partial charge on any atom is -0.464 e. The summed E-state index contributed by atoms with van der Waals surface area (Å²) in [6, 6.07) is 16.5. The lowest BCUT2D eigenvalue weighted by Gasteiger charge is -2.07. The fourth-order valence-corrected chi connectivity index (χ4v) is 2.24. The Morgan fingerprint density at radius 2 is 1.68 bits per heavy atom. The number of aryl methyl sites for hydroxylation is 2. The van der Waals surface area contributed by atoms with Crippen LogP contribution in [0.2, 0.25) is 0 Å². The molecule has 0 saturated heterocycles. The number of nitrogens with zero attached hydrogens (tertiary/aromatic N) is 1. The van der Waals surface area contributed by atoms with Crippen LogP contribution in [0.5, 0.6) is 0 Å². The maximum atomic E-state index is 5.50. The molecule has 0 saturated carbocycles. The first-order valence-electron chi connectivity index (χ1n) is 6.44. The molecule has 1 aromatic carbocycles. The standard InChI is InChI=1S/C17H15NO/c1-2-5-16(17-6-3-13-19-17)15(4-1)8-7-14-9-11-18-12-10-14/h1-6,9-13H,7-8H2. The summed E-state index contributed by atoms with van der Waals surface area (Å²) >= 11 is 0. The third-order valence-electron chi connectivity index (χ3n) is 3.24. The Labute approximate surface area is 112 Å². The first-order valence-corrected chi connectivity index (χ1v) is 6.44. The molecule has 0 unspecified atom stereocenters. The molecule has 0 aliphatic heterocycles. The lowest BCUT2D eigenvalue weighted by Crippen LogP contribution is -1.94. The molecule has 0 aliphatic rings. The molecule has 0 N–H and O–H groups in total. The number of aromatic nitrogens is 1. The van der Waals surface area contributed by atoms with Gasteiger partial charge in [-0.25, -0.2) is 0 Å². The summed E-state index contributed by atoms with van der Waals surface area (Å²) in [5, 5.41) is 0. The third kappa shape index (κ3) is 2.74. The molecule has 2 heteroatoms. The van der Waals surface area contributed by atoms with Crippen molar-refractivity contribution in [2.75, 3.05) is 0 Å². The Kier molecular flexibility index (Phi) is 3.41. The maximum Gasteiger partial charge on any atom is 0.134 e. The number of pyridine rings is 1. The van der Waals surface area contributed by atoms with Gasteiger partial charge in [-0.2, -0.15) is 0 Å². The molecule has 0 fully saturated rings. The predicted octanol–water partition coefficient (Wildman–Crippen LogP) is 4.13. The number of rotatable bonds is 4. The SMILES string of the molecule is c1coc(-c2ccccc2CCc2ccncc2)c1. The van der Waals surface area contributed by atoms with Crippen LogP contribution in [-0.4, -0.2) is 4.98 Å². The molecule has 2 heterocycles. The first-order chi connectivity index (χ1) is 9.43. The summed E-state index contributed by atoms with van der Waals surface area (Å²) in [6.07, 6.45) is 7.41. The van der Waals surface area contributed by atoms with Crippen molar-refractivity contribution in [1.82, 2.24) is 4.98 Å². The number of furan rings is 1. The summed E-state index contributed by atoms with van der Waals surface area (Å²) in [5.74, 6) is 0.935. The summed E-state index contributed by atoms with van der Waals surface area (Å²) in [6.45, 7) is 0. The normalized spacial score (nSPS) is 10.5. The topological polar surface area (TPSA) is 26.0 Å². The Balaban J connectivity index is 1.82. The van der Waals surface area contributed by atoms with E-state index >= 15 is 0 Å². The Morgan fingerprint density at radius 1 is 0.842 bits per heavy atom. The molecular formula is C17H15NO. The average Bonchev–Trinajstić information content (AvgIpc) is 3.01. The van der Waals surface area contributed by atoms with Crippen molar-refractivity contribution in [3.8, 4) is 11.3 Å². The summed E-state index contributed by atoms with van der Waals surface area (Å²) in [4.78, 5) is 4.04. The Hall–Kier alpha value is -2.35. The van der Waals surface area contributed by atoms with Gasteiger partial charge in [0.2, 0.25) is 0 Å². The van der Waals surface area contributed by atoms with E-state index in [9.17, 15) is 0 Å².